The number of nitrogens with one attached hydrogen (secondary N) is 1. The van der Waals surface area contributed by atoms with Crippen molar-refractivity contribution in [2.24, 2.45) is 10.9 Å². The predicted molar refractivity (Wildman–Crippen MR) is 81.3 cm³/mol. The highest BCUT2D eigenvalue weighted by Gasteiger charge is 2.06. The largest absolute Gasteiger partial charge is 0.409 e. The van der Waals surface area contributed by atoms with Crippen LogP contribution in [0.1, 0.15) is 27.0 Å². The maximum absolute atomic E-state index is 12.0. The van der Waals surface area contributed by atoms with Crippen molar-refractivity contribution in [1.82, 2.24) is 5.32 Å². The molecule has 0 atom stereocenters. The van der Waals surface area contributed by atoms with E-state index < -0.39 is 0 Å². The van der Waals surface area contributed by atoms with Gasteiger partial charge in [-0.15, -0.1) is 0 Å². The van der Waals surface area contributed by atoms with Crippen molar-refractivity contribution >= 4 is 11.7 Å². The third-order valence-electron chi connectivity index (χ3n) is 3.06. The summed E-state index contributed by atoms with van der Waals surface area (Å²) in [6.07, 6.45) is 0. The fraction of sp³-hybridized carbons (Fsp3) is 0.125. The number of benzene rings is 2. The SMILES string of the molecule is Cc1cccc(C(=O)NCc2cccc(C(N)=NO)c2)c1. The minimum atomic E-state index is -0.132. The van der Waals surface area contributed by atoms with Crippen LogP contribution in [0.3, 0.4) is 0 Å². The van der Waals surface area contributed by atoms with Crippen LogP contribution < -0.4 is 11.1 Å². The smallest absolute Gasteiger partial charge is 0.251 e. The average Bonchev–Trinajstić information content (AvgIpc) is 2.52. The monoisotopic (exact) mass is 283 g/mol. The molecule has 21 heavy (non-hydrogen) atoms. The molecule has 0 aromatic heterocycles. The number of aryl methyl sites for hydroxylation is 1. The predicted octanol–water partition coefficient (Wildman–Crippen LogP) is 2.02. The topological polar surface area (TPSA) is 87.7 Å². The van der Waals surface area contributed by atoms with Crippen LogP contribution in [0.15, 0.2) is 53.7 Å². The summed E-state index contributed by atoms with van der Waals surface area (Å²) in [5, 5.41) is 14.5. The number of rotatable bonds is 4. The molecule has 0 radical (unpaired) electrons. The first-order valence-corrected chi connectivity index (χ1v) is 6.52. The molecule has 0 bridgehead atoms. The molecule has 1 amide bonds. The van der Waals surface area contributed by atoms with Gasteiger partial charge in [-0.1, -0.05) is 41.1 Å². The zero-order valence-electron chi connectivity index (χ0n) is 11.7. The van der Waals surface area contributed by atoms with Gasteiger partial charge in [-0.3, -0.25) is 4.79 Å². The Hall–Kier alpha value is -2.82. The first kappa shape index (κ1) is 14.6. The Morgan fingerprint density at radius 2 is 1.90 bits per heavy atom. The molecule has 4 N–H and O–H groups in total. The van der Waals surface area contributed by atoms with Gasteiger partial charge in [-0.25, -0.2) is 0 Å². The second-order valence-corrected chi connectivity index (χ2v) is 4.74. The quantitative estimate of drug-likeness (QED) is 0.347. The number of nitrogens with two attached hydrogens (primary N) is 1. The van der Waals surface area contributed by atoms with E-state index in [-0.39, 0.29) is 11.7 Å². The van der Waals surface area contributed by atoms with E-state index >= 15 is 0 Å². The van der Waals surface area contributed by atoms with Crippen molar-refractivity contribution in [3.8, 4) is 0 Å². The summed E-state index contributed by atoms with van der Waals surface area (Å²) in [4.78, 5) is 12.0. The van der Waals surface area contributed by atoms with Crippen LogP contribution in [0.25, 0.3) is 0 Å². The molecule has 0 saturated heterocycles. The standard InChI is InChI=1S/C16H17N3O2/c1-11-4-2-7-14(8-11)16(20)18-10-12-5-3-6-13(9-12)15(17)19-21/h2-9,21H,10H2,1H3,(H2,17,19)(H,18,20). The lowest BCUT2D eigenvalue weighted by Gasteiger charge is -2.07. The number of hydrogen-bond donors (Lipinski definition) is 3. The Labute approximate surface area is 123 Å². The molecule has 0 heterocycles. The lowest BCUT2D eigenvalue weighted by atomic mass is 10.1. The third kappa shape index (κ3) is 3.82. The summed E-state index contributed by atoms with van der Waals surface area (Å²) in [6.45, 7) is 2.32. The summed E-state index contributed by atoms with van der Waals surface area (Å²) in [7, 11) is 0. The Morgan fingerprint density at radius 3 is 2.62 bits per heavy atom. The summed E-state index contributed by atoms with van der Waals surface area (Å²) >= 11 is 0. The van der Waals surface area contributed by atoms with Gasteiger partial charge in [0, 0.05) is 17.7 Å². The number of amidine groups is 1. The van der Waals surface area contributed by atoms with Crippen LogP contribution >= 0.6 is 0 Å². The van der Waals surface area contributed by atoms with Gasteiger partial charge in [0.2, 0.25) is 0 Å². The Bertz CT molecular complexity index is 681. The number of amides is 1. The summed E-state index contributed by atoms with van der Waals surface area (Å²) in [5.74, 6) is -0.0882. The number of carbonyl (C=O) groups is 1. The van der Waals surface area contributed by atoms with E-state index in [2.05, 4.69) is 10.5 Å². The van der Waals surface area contributed by atoms with Gasteiger partial charge >= 0.3 is 0 Å². The maximum Gasteiger partial charge on any atom is 0.251 e. The molecular formula is C16H17N3O2. The zero-order valence-corrected chi connectivity index (χ0v) is 11.7. The highest BCUT2D eigenvalue weighted by atomic mass is 16.4. The van der Waals surface area contributed by atoms with Crippen molar-refractivity contribution in [3.63, 3.8) is 0 Å². The van der Waals surface area contributed by atoms with Gasteiger partial charge in [-0.05, 0) is 30.7 Å². The summed E-state index contributed by atoms with van der Waals surface area (Å²) in [5.41, 5.74) is 8.69. The first-order valence-electron chi connectivity index (χ1n) is 6.52. The minimum Gasteiger partial charge on any atom is -0.409 e. The van der Waals surface area contributed by atoms with Crippen molar-refractivity contribution in [2.45, 2.75) is 13.5 Å². The fourth-order valence-corrected chi connectivity index (χ4v) is 1.97. The van der Waals surface area contributed by atoms with Gasteiger partial charge in [0.25, 0.3) is 5.91 Å². The molecule has 0 saturated carbocycles. The van der Waals surface area contributed by atoms with Crippen molar-refractivity contribution < 1.29 is 10.0 Å². The van der Waals surface area contributed by atoms with Crippen LogP contribution in [0, 0.1) is 6.92 Å². The Balaban J connectivity index is 2.05. The van der Waals surface area contributed by atoms with Crippen molar-refractivity contribution in [3.05, 3.63) is 70.8 Å². The highest BCUT2D eigenvalue weighted by molar-refractivity contribution is 5.97. The lowest BCUT2D eigenvalue weighted by molar-refractivity contribution is 0.0951. The van der Waals surface area contributed by atoms with Gasteiger partial charge in [0.05, 0.1) is 0 Å². The molecule has 0 aliphatic carbocycles. The van der Waals surface area contributed by atoms with Crippen molar-refractivity contribution in [1.29, 1.82) is 0 Å². The van der Waals surface area contributed by atoms with E-state index in [0.29, 0.717) is 17.7 Å². The van der Waals surface area contributed by atoms with Crippen LogP contribution in [-0.4, -0.2) is 17.0 Å². The molecule has 2 rings (SSSR count). The van der Waals surface area contributed by atoms with Crippen LogP contribution in [0.2, 0.25) is 0 Å². The van der Waals surface area contributed by atoms with Crippen LogP contribution in [0.5, 0.6) is 0 Å². The summed E-state index contributed by atoms with van der Waals surface area (Å²) in [6, 6.07) is 14.6. The molecule has 108 valence electrons. The minimum absolute atomic E-state index is 0.0434. The zero-order chi connectivity index (χ0) is 15.2. The van der Waals surface area contributed by atoms with E-state index in [4.69, 9.17) is 10.9 Å². The molecular weight excluding hydrogens is 266 g/mol. The number of hydrogen-bond acceptors (Lipinski definition) is 3. The first-order chi connectivity index (χ1) is 10.1. The maximum atomic E-state index is 12.0. The number of carbonyl (C=O) groups excluding carboxylic acids is 1. The van der Waals surface area contributed by atoms with Gasteiger partial charge in [0.15, 0.2) is 5.84 Å². The number of oxime groups is 1. The van der Waals surface area contributed by atoms with Crippen LogP contribution in [-0.2, 0) is 6.54 Å². The summed E-state index contributed by atoms with van der Waals surface area (Å²) < 4.78 is 0. The second-order valence-electron chi connectivity index (χ2n) is 4.74. The van der Waals surface area contributed by atoms with E-state index in [0.717, 1.165) is 11.1 Å². The molecule has 0 fully saturated rings. The van der Waals surface area contributed by atoms with Gasteiger partial charge in [0.1, 0.15) is 0 Å². The molecule has 5 heteroatoms. The lowest BCUT2D eigenvalue weighted by Crippen LogP contribution is -2.23. The molecule has 2 aromatic rings. The molecule has 0 aliphatic rings. The number of nitrogens with zero attached hydrogens (tertiary/aromatic N) is 1. The van der Waals surface area contributed by atoms with E-state index in [9.17, 15) is 4.79 Å². The Kier molecular flexibility index (Phi) is 4.56. The molecule has 5 nitrogen and oxygen atoms in total. The Morgan fingerprint density at radius 1 is 1.19 bits per heavy atom. The molecule has 0 aliphatic heterocycles. The van der Waals surface area contributed by atoms with Crippen molar-refractivity contribution in [2.75, 3.05) is 0 Å². The average molecular weight is 283 g/mol. The molecule has 0 unspecified atom stereocenters. The second kappa shape index (κ2) is 6.56. The van der Waals surface area contributed by atoms with Crippen LogP contribution in [0.4, 0.5) is 0 Å². The van der Waals surface area contributed by atoms with E-state index in [1.54, 1.807) is 24.3 Å². The fourth-order valence-electron chi connectivity index (χ4n) is 1.97. The van der Waals surface area contributed by atoms with Gasteiger partial charge in [-0.2, -0.15) is 0 Å². The normalized spacial score (nSPS) is 11.2. The van der Waals surface area contributed by atoms with Gasteiger partial charge < -0.3 is 16.3 Å². The van der Waals surface area contributed by atoms with E-state index in [1.165, 1.54) is 0 Å². The highest BCUT2D eigenvalue weighted by Crippen LogP contribution is 2.07. The third-order valence-corrected chi connectivity index (χ3v) is 3.06. The molecule has 2 aromatic carbocycles. The molecule has 0 spiro atoms. The van der Waals surface area contributed by atoms with E-state index in [1.807, 2.05) is 31.2 Å².